The maximum atomic E-state index is 10.0. The van der Waals surface area contributed by atoms with Crippen LogP contribution in [0.5, 0.6) is 0 Å². The maximum Gasteiger partial charge on any atom is 0.106 e. The second-order valence-electron chi connectivity index (χ2n) is 5.32. The van der Waals surface area contributed by atoms with E-state index in [1.54, 1.807) is 0 Å². The number of thiocarbonyl (C=S) groups is 1. The van der Waals surface area contributed by atoms with Crippen LogP contribution in [0.3, 0.4) is 0 Å². The van der Waals surface area contributed by atoms with Crippen LogP contribution in [0.2, 0.25) is 0 Å². The zero-order valence-corrected chi connectivity index (χ0v) is 11.8. The number of nitrogens with zero attached hydrogens (tertiary/aromatic N) is 1. The van der Waals surface area contributed by atoms with E-state index in [9.17, 15) is 5.11 Å². The molecule has 1 aromatic rings. The Morgan fingerprint density at radius 1 is 1.39 bits per heavy atom. The molecule has 0 saturated carbocycles. The summed E-state index contributed by atoms with van der Waals surface area (Å²) in [5.41, 5.74) is 8.50. The van der Waals surface area contributed by atoms with E-state index in [1.807, 2.05) is 19.1 Å². The van der Waals surface area contributed by atoms with Crippen molar-refractivity contribution in [3.8, 4) is 0 Å². The van der Waals surface area contributed by atoms with Crippen molar-refractivity contribution in [3.05, 3.63) is 29.3 Å². The smallest absolute Gasteiger partial charge is 0.106 e. The van der Waals surface area contributed by atoms with Gasteiger partial charge in [0.05, 0.1) is 5.60 Å². The summed E-state index contributed by atoms with van der Waals surface area (Å²) in [6.45, 7) is 5.65. The number of rotatable bonds is 2. The molecular weight excluding hydrogens is 244 g/mol. The molecule has 0 atom stereocenters. The van der Waals surface area contributed by atoms with E-state index in [4.69, 9.17) is 18.0 Å². The van der Waals surface area contributed by atoms with E-state index in [-0.39, 0.29) is 0 Å². The number of anilines is 1. The molecule has 1 aliphatic rings. The van der Waals surface area contributed by atoms with Crippen LogP contribution in [0, 0.1) is 6.92 Å². The van der Waals surface area contributed by atoms with Crippen LogP contribution in [0.15, 0.2) is 18.2 Å². The highest BCUT2D eigenvalue weighted by atomic mass is 32.1. The molecule has 1 heterocycles. The normalized spacial score (nSPS) is 18.7. The number of aryl methyl sites for hydroxylation is 1. The molecule has 3 N–H and O–H groups in total. The van der Waals surface area contributed by atoms with Crippen molar-refractivity contribution in [2.75, 3.05) is 18.0 Å². The molecule has 0 aromatic heterocycles. The second kappa shape index (κ2) is 4.86. The molecule has 1 saturated heterocycles. The van der Waals surface area contributed by atoms with Gasteiger partial charge in [0.25, 0.3) is 0 Å². The van der Waals surface area contributed by atoms with Crippen molar-refractivity contribution in [1.29, 1.82) is 0 Å². The molecule has 98 valence electrons. The van der Waals surface area contributed by atoms with Gasteiger partial charge in [0.15, 0.2) is 0 Å². The highest BCUT2D eigenvalue weighted by Crippen LogP contribution is 2.30. The number of para-hydroxylation sites is 1. The van der Waals surface area contributed by atoms with Gasteiger partial charge in [0.2, 0.25) is 0 Å². The minimum absolute atomic E-state index is 0.436. The molecule has 1 aliphatic heterocycles. The van der Waals surface area contributed by atoms with Crippen molar-refractivity contribution in [2.24, 2.45) is 5.73 Å². The van der Waals surface area contributed by atoms with Crippen LogP contribution in [0.1, 0.15) is 30.9 Å². The Balaban J connectivity index is 2.31. The quantitative estimate of drug-likeness (QED) is 0.802. The van der Waals surface area contributed by atoms with Crippen LogP contribution >= 0.6 is 12.2 Å². The molecule has 0 radical (unpaired) electrons. The number of piperidine rings is 1. The predicted octanol–water partition coefficient (Wildman–Crippen LogP) is 1.98. The summed E-state index contributed by atoms with van der Waals surface area (Å²) in [7, 11) is 0. The fourth-order valence-electron chi connectivity index (χ4n) is 2.49. The number of hydrogen-bond acceptors (Lipinski definition) is 3. The first kappa shape index (κ1) is 13.3. The fraction of sp³-hybridized carbons (Fsp3) is 0.500. The fourth-order valence-corrected chi connectivity index (χ4v) is 2.65. The van der Waals surface area contributed by atoms with Gasteiger partial charge < -0.3 is 15.7 Å². The molecule has 1 fully saturated rings. The number of nitrogens with two attached hydrogens (primary N) is 1. The summed E-state index contributed by atoms with van der Waals surface area (Å²) in [6, 6.07) is 6.02. The Morgan fingerprint density at radius 3 is 2.56 bits per heavy atom. The van der Waals surface area contributed by atoms with Gasteiger partial charge in [0, 0.05) is 24.3 Å². The molecular formula is C14H20N2OS. The lowest BCUT2D eigenvalue weighted by atomic mass is 9.92. The van der Waals surface area contributed by atoms with Gasteiger partial charge in [-0.2, -0.15) is 0 Å². The Kier molecular flexibility index (Phi) is 3.59. The Bertz CT molecular complexity index is 461. The van der Waals surface area contributed by atoms with E-state index < -0.39 is 5.60 Å². The first-order valence-corrected chi connectivity index (χ1v) is 6.68. The molecule has 0 spiro atoms. The average Bonchev–Trinajstić information content (AvgIpc) is 2.29. The molecule has 0 bridgehead atoms. The summed E-state index contributed by atoms with van der Waals surface area (Å²) in [6.07, 6.45) is 1.55. The standard InChI is InChI=1S/C14H20N2OS/c1-10-4-3-5-11(13(15)18)12(10)16-8-6-14(2,17)7-9-16/h3-5,17H,6-9H2,1-2H3,(H2,15,18). The zero-order valence-electron chi connectivity index (χ0n) is 10.9. The monoisotopic (exact) mass is 264 g/mol. The van der Waals surface area contributed by atoms with Gasteiger partial charge in [-0.3, -0.25) is 0 Å². The molecule has 2 rings (SSSR count). The van der Waals surface area contributed by atoms with Gasteiger partial charge in [-0.1, -0.05) is 24.4 Å². The number of aliphatic hydroxyl groups is 1. The van der Waals surface area contributed by atoms with E-state index in [2.05, 4.69) is 17.9 Å². The minimum Gasteiger partial charge on any atom is -0.390 e. The van der Waals surface area contributed by atoms with Crippen LogP contribution in [0.25, 0.3) is 0 Å². The molecule has 0 aliphatic carbocycles. The molecule has 18 heavy (non-hydrogen) atoms. The predicted molar refractivity (Wildman–Crippen MR) is 79.1 cm³/mol. The largest absolute Gasteiger partial charge is 0.390 e. The van der Waals surface area contributed by atoms with Gasteiger partial charge in [-0.25, -0.2) is 0 Å². The van der Waals surface area contributed by atoms with E-state index in [1.165, 1.54) is 5.56 Å². The van der Waals surface area contributed by atoms with E-state index >= 15 is 0 Å². The summed E-state index contributed by atoms with van der Waals surface area (Å²) in [5.74, 6) is 0. The third-order valence-corrected chi connectivity index (χ3v) is 3.88. The molecule has 1 aromatic carbocycles. The second-order valence-corrected chi connectivity index (χ2v) is 5.76. The Hall–Kier alpha value is -1.13. The zero-order chi connectivity index (χ0) is 13.3. The highest BCUT2D eigenvalue weighted by molar-refractivity contribution is 7.80. The van der Waals surface area contributed by atoms with Crippen LogP contribution < -0.4 is 10.6 Å². The summed E-state index contributed by atoms with van der Waals surface area (Å²) in [4.78, 5) is 2.72. The topological polar surface area (TPSA) is 49.5 Å². The Morgan fingerprint density at radius 2 is 2.00 bits per heavy atom. The maximum absolute atomic E-state index is 10.0. The molecule has 3 nitrogen and oxygen atoms in total. The molecule has 0 unspecified atom stereocenters. The third-order valence-electron chi connectivity index (χ3n) is 3.66. The van der Waals surface area contributed by atoms with Crippen LogP contribution in [-0.4, -0.2) is 28.8 Å². The van der Waals surface area contributed by atoms with Crippen LogP contribution in [-0.2, 0) is 0 Å². The molecule has 0 amide bonds. The summed E-state index contributed by atoms with van der Waals surface area (Å²) >= 11 is 5.13. The molecule has 4 heteroatoms. The highest BCUT2D eigenvalue weighted by Gasteiger charge is 2.28. The van der Waals surface area contributed by atoms with Crippen molar-refractivity contribution < 1.29 is 5.11 Å². The van der Waals surface area contributed by atoms with Crippen LogP contribution in [0.4, 0.5) is 5.69 Å². The summed E-state index contributed by atoms with van der Waals surface area (Å²) in [5, 5.41) is 10.0. The number of hydrogen-bond donors (Lipinski definition) is 2. The van der Waals surface area contributed by atoms with Crippen molar-refractivity contribution >= 4 is 22.9 Å². The summed E-state index contributed by atoms with van der Waals surface area (Å²) < 4.78 is 0. The first-order valence-electron chi connectivity index (χ1n) is 6.27. The van der Waals surface area contributed by atoms with Gasteiger partial charge >= 0.3 is 0 Å². The Labute approximate surface area is 114 Å². The SMILES string of the molecule is Cc1cccc(C(N)=S)c1N1CCC(C)(O)CC1. The third kappa shape index (κ3) is 2.65. The van der Waals surface area contributed by atoms with Crippen molar-refractivity contribution in [3.63, 3.8) is 0 Å². The lowest BCUT2D eigenvalue weighted by molar-refractivity contribution is 0.0351. The van der Waals surface area contributed by atoms with E-state index in [0.29, 0.717) is 4.99 Å². The minimum atomic E-state index is -0.539. The van der Waals surface area contributed by atoms with Crippen molar-refractivity contribution in [1.82, 2.24) is 0 Å². The first-order chi connectivity index (χ1) is 8.41. The van der Waals surface area contributed by atoms with E-state index in [0.717, 1.165) is 37.2 Å². The average molecular weight is 264 g/mol. The number of benzene rings is 1. The lowest BCUT2D eigenvalue weighted by Crippen LogP contribution is -2.43. The lowest BCUT2D eigenvalue weighted by Gasteiger charge is -2.38. The van der Waals surface area contributed by atoms with Gasteiger partial charge in [-0.15, -0.1) is 0 Å². The van der Waals surface area contributed by atoms with Gasteiger partial charge in [-0.05, 0) is 38.3 Å². The van der Waals surface area contributed by atoms with Gasteiger partial charge in [0.1, 0.15) is 4.99 Å². The van der Waals surface area contributed by atoms with Crippen molar-refractivity contribution in [2.45, 2.75) is 32.3 Å².